The zero-order valence-corrected chi connectivity index (χ0v) is 13.6. The molecule has 0 unspecified atom stereocenters. The van der Waals surface area contributed by atoms with Crippen molar-refractivity contribution >= 4 is 34.3 Å². The summed E-state index contributed by atoms with van der Waals surface area (Å²) < 4.78 is 5.72. The molecule has 0 spiro atoms. The molecule has 0 radical (unpaired) electrons. The van der Waals surface area contributed by atoms with Gasteiger partial charge in [0.15, 0.2) is 5.58 Å². The third-order valence-corrected chi connectivity index (χ3v) is 3.86. The zero-order valence-electron chi connectivity index (χ0n) is 12.8. The Hall–Kier alpha value is -3.25. The van der Waals surface area contributed by atoms with Gasteiger partial charge in [-0.1, -0.05) is 17.7 Å². The third kappa shape index (κ3) is 3.07. The first-order valence-corrected chi connectivity index (χ1v) is 7.81. The van der Waals surface area contributed by atoms with Crippen LogP contribution in [0.5, 0.6) is 0 Å². The molecular weight excluding hydrogens is 340 g/mol. The number of nitrogens with one attached hydrogen (secondary N) is 1. The van der Waals surface area contributed by atoms with E-state index in [2.05, 4.69) is 20.3 Å². The van der Waals surface area contributed by atoms with Crippen LogP contribution in [0.2, 0.25) is 5.15 Å². The summed E-state index contributed by atoms with van der Waals surface area (Å²) >= 11 is 5.95. The van der Waals surface area contributed by atoms with Gasteiger partial charge in [0.25, 0.3) is 5.91 Å². The molecule has 0 aliphatic heterocycles. The number of fused-ring (bicyclic) bond motifs is 1. The number of carbonyl (C=O) groups is 1. The minimum Gasteiger partial charge on any atom is -0.436 e. The molecule has 0 aliphatic rings. The van der Waals surface area contributed by atoms with Crippen LogP contribution in [-0.2, 0) is 0 Å². The van der Waals surface area contributed by atoms with Crippen LogP contribution in [0.1, 0.15) is 10.4 Å². The van der Waals surface area contributed by atoms with Crippen molar-refractivity contribution in [1.29, 1.82) is 0 Å². The van der Waals surface area contributed by atoms with Gasteiger partial charge in [0, 0.05) is 29.7 Å². The van der Waals surface area contributed by atoms with E-state index in [1.54, 1.807) is 42.7 Å². The number of anilines is 1. The van der Waals surface area contributed by atoms with Gasteiger partial charge in [-0.2, -0.15) is 0 Å². The normalized spacial score (nSPS) is 10.8. The number of hydrogen-bond donors (Lipinski definition) is 1. The summed E-state index contributed by atoms with van der Waals surface area (Å²) in [4.78, 5) is 24.7. The molecule has 1 aromatic carbocycles. The molecule has 7 heteroatoms. The van der Waals surface area contributed by atoms with Crippen molar-refractivity contribution in [3.8, 4) is 11.5 Å². The number of oxazole rings is 1. The Labute approximate surface area is 147 Å². The summed E-state index contributed by atoms with van der Waals surface area (Å²) in [6.07, 6.45) is 4.81. The number of carbonyl (C=O) groups excluding carboxylic acids is 1. The van der Waals surface area contributed by atoms with Crippen LogP contribution in [0.25, 0.3) is 22.6 Å². The van der Waals surface area contributed by atoms with E-state index in [1.165, 1.54) is 6.20 Å². The van der Waals surface area contributed by atoms with Crippen molar-refractivity contribution in [3.05, 3.63) is 71.8 Å². The summed E-state index contributed by atoms with van der Waals surface area (Å²) in [5.41, 5.74) is 2.98. The highest BCUT2D eigenvalue weighted by Gasteiger charge is 2.13. The minimum atomic E-state index is -0.336. The van der Waals surface area contributed by atoms with E-state index in [1.807, 2.05) is 12.1 Å². The molecule has 0 atom stereocenters. The molecule has 0 saturated carbocycles. The Morgan fingerprint density at radius 3 is 2.88 bits per heavy atom. The Balaban J connectivity index is 1.63. The van der Waals surface area contributed by atoms with Crippen LogP contribution < -0.4 is 5.32 Å². The summed E-state index contributed by atoms with van der Waals surface area (Å²) in [5, 5.41) is 2.95. The van der Waals surface area contributed by atoms with Crippen molar-refractivity contribution < 1.29 is 9.21 Å². The van der Waals surface area contributed by atoms with E-state index in [0.29, 0.717) is 28.2 Å². The number of pyridine rings is 2. The fraction of sp³-hybridized carbons (Fsp3) is 0. The maximum Gasteiger partial charge on any atom is 0.258 e. The quantitative estimate of drug-likeness (QED) is 0.560. The van der Waals surface area contributed by atoms with E-state index >= 15 is 0 Å². The molecule has 3 heterocycles. The molecule has 1 amide bonds. The van der Waals surface area contributed by atoms with Crippen molar-refractivity contribution in [2.45, 2.75) is 0 Å². The standard InChI is InChI=1S/C18H11ClN4O2/c19-16-13(5-2-7-21-16)17(24)22-12-4-1-3-11(9-12)18-23-14-10-20-8-6-15(14)25-18/h1-10H,(H,22,24). The average Bonchev–Trinajstić information content (AvgIpc) is 3.06. The number of amides is 1. The first kappa shape index (κ1) is 15.3. The number of nitrogens with zero attached hydrogens (tertiary/aromatic N) is 3. The second-order valence-electron chi connectivity index (χ2n) is 5.24. The molecule has 6 nitrogen and oxygen atoms in total. The molecule has 1 N–H and O–H groups in total. The monoisotopic (exact) mass is 350 g/mol. The fourth-order valence-corrected chi connectivity index (χ4v) is 2.59. The third-order valence-electron chi connectivity index (χ3n) is 3.56. The predicted octanol–water partition coefficient (Wildman–Crippen LogP) is 4.19. The van der Waals surface area contributed by atoms with Crippen molar-refractivity contribution in [3.63, 3.8) is 0 Å². The van der Waals surface area contributed by atoms with Gasteiger partial charge in [0.05, 0.1) is 11.8 Å². The van der Waals surface area contributed by atoms with Gasteiger partial charge in [-0.15, -0.1) is 0 Å². The van der Waals surface area contributed by atoms with E-state index in [-0.39, 0.29) is 11.1 Å². The maximum atomic E-state index is 12.3. The number of hydrogen-bond acceptors (Lipinski definition) is 5. The predicted molar refractivity (Wildman–Crippen MR) is 94.4 cm³/mol. The van der Waals surface area contributed by atoms with Gasteiger partial charge in [-0.05, 0) is 30.3 Å². The highest BCUT2D eigenvalue weighted by molar-refractivity contribution is 6.33. The maximum absolute atomic E-state index is 12.3. The minimum absolute atomic E-state index is 0.155. The highest BCUT2D eigenvalue weighted by atomic mass is 35.5. The second-order valence-corrected chi connectivity index (χ2v) is 5.60. The molecule has 25 heavy (non-hydrogen) atoms. The van der Waals surface area contributed by atoms with E-state index in [4.69, 9.17) is 16.0 Å². The van der Waals surface area contributed by atoms with Crippen LogP contribution in [0.3, 0.4) is 0 Å². The smallest absolute Gasteiger partial charge is 0.258 e. The number of rotatable bonds is 3. The molecule has 0 bridgehead atoms. The lowest BCUT2D eigenvalue weighted by Crippen LogP contribution is -2.12. The van der Waals surface area contributed by atoms with Crippen LogP contribution in [0.4, 0.5) is 5.69 Å². The Bertz CT molecular complexity index is 1040. The number of benzene rings is 1. The van der Waals surface area contributed by atoms with Crippen LogP contribution >= 0.6 is 11.6 Å². The van der Waals surface area contributed by atoms with Gasteiger partial charge in [0.2, 0.25) is 5.89 Å². The Kier molecular flexibility index (Phi) is 3.87. The first-order chi connectivity index (χ1) is 12.2. The number of aromatic nitrogens is 3. The highest BCUT2D eigenvalue weighted by Crippen LogP contribution is 2.26. The molecular formula is C18H11ClN4O2. The van der Waals surface area contributed by atoms with Crippen LogP contribution in [0.15, 0.2) is 65.5 Å². The van der Waals surface area contributed by atoms with Crippen molar-refractivity contribution in [1.82, 2.24) is 15.0 Å². The molecule has 3 aromatic heterocycles. The molecule has 4 aromatic rings. The summed E-state index contributed by atoms with van der Waals surface area (Å²) in [6.45, 7) is 0. The topological polar surface area (TPSA) is 80.9 Å². The summed E-state index contributed by atoms with van der Waals surface area (Å²) in [6, 6.07) is 12.2. The lowest BCUT2D eigenvalue weighted by atomic mass is 10.2. The van der Waals surface area contributed by atoms with E-state index < -0.39 is 0 Å². The number of halogens is 1. The van der Waals surface area contributed by atoms with Gasteiger partial charge < -0.3 is 9.73 Å². The van der Waals surface area contributed by atoms with Gasteiger partial charge in [-0.3, -0.25) is 9.78 Å². The van der Waals surface area contributed by atoms with Gasteiger partial charge in [-0.25, -0.2) is 9.97 Å². The molecule has 0 aliphatic carbocycles. The lowest BCUT2D eigenvalue weighted by molar-refractivity contribution is 0.102. The Morgan fingerprint density at radius 2 is 2.04 bits per heavy atom. The zero-order chi connectivity index (χ0) is 17.2. The largest absolute Gasteiger partial charge is 0.436 e. The first-order valence-electron chi connectivity index (χ1n) is 7.43. The molecule has 0 saturated heterocycles. The second kappa shape index (κ2) is 6.33. The van der Waals surface area contributed by atoms with Gasteiger partial charge >= 0.3 is 0 Å². The molecule has 4 rings (SSSR count). The molecule has 122 valence electrons. The van der Waals surface area contributed by atoms with Gasteiger partial charge in [0.1, 0.15) is 10.7 Å². The van der Waals surface area contributed by atoms with E-state index in [0.717, 1.165) is 5.56 Å². The summed E-state index contributed by atoms with van der Waals surface area (Å²) in [5.74, 6) is 0.121. The lowest BCUT2D eigenvalue weighted by Gasteiger charge is -2.07. The Morgan fingerprint density at radius 1 is 1.12 bits per heavy atom. The summed E-state index contributed by atoms with van der Waals surface area (Å²) in [7, 11) is 0. The molecule has 0 fully saturated rings. The van der Waals surface area contributed by atoms with Crippen LogP contribution in [0, 0.1) is 0 Å². The average molecular weight is 351 g/mol. The fourth-order valence-electron chi connectivity index (χ4n) is 2.39. The van der Waals surface area contributed by atoms with Crippen LogP contribution in [-0.4, -0.2) is 20.9 Å². The van der Waals surface area contributed by atoms with Crippen molar-refractivity contribution in [2.24, 2.45) is 0 Å². The van der Waals surface area contributed by atoms with Crippen molar-refractivity contribution in [2.75, 3.05) is 5.32 Å². The van der Waals surface area contributed by atoms with E-state index in [9.17, 15) is 4.79 Å². The SMILES string of the molecule is O=C(Nc1cccc(-c2nc3cnccc3o2)c1)c1cccnc1Cl.